The van der Waals surface area contributed by atoms with Crippen LogP contribution in [0.2, 0.25) is 0 Å². The number of hydrogen-bond acceptors (Lipinski definition) is 3. The SMILES string of the molecule is CCCn1cc(C(=O)OCC)cn1. The van der Waals surface area contributed by atoms with Gasteiger partial charge in [0.2, 0.25) is 0 Å². The van der Waals surface area contributed by atoms with Gasteiger partial charge in [-0.1, -0.05) is 6.92 Å². The highest BCUT2D eigenvalue weighted by Crippen LogP contribution is 2.00. The second-order valence-electron chi connectivity index (χ2n) is 2.71. The Kier molecular flexibility index (Phi) is 3.49. The molecule has 0 saturated heterocycles. The van der Waals surface area contributed by atoms with Gasteiger partial charge in [-0.25, -0.2) is 4.79 Å². The Morgan fingerprint density at radius 1 is 1.62 bits per heavy atom. The Labute approximate surface area is 77.5 Å². The van der Waals surface area contributed by atoms with E-state index in [4.69, 9.17) is 4.74 Å². The Morgan fingerprint density at radius 2 is 2.38 bits per heavy atom. The van der Waals surface area contributed by atoms with Crippen LogP contribution in [0.3, 0.4) is 0 Å². The van der Waals surface area contributed by atoms with Crippen molar-refractivity contribution < 1.29 is 9.53 Å². The second kappa shape index (κ2) is 4.64. The van der Waals surface area contributed by atoms with Crippen molar-refractivity contribution in [2.45, 2.75) is 26.8 Å². The van der Waals surface area contributed by atoms with Crippen LogP contribution in [0.4, 0.5) is 0 Å². The molecule has 1 rings (SSSR count). The van der Waals surface area contributed by atoms with Crippen LogP contribution in [-0.2, 0) is 11.3 Å². The van der Waals surface area contributed by atoms with Gasteiger partial charge in [-0.2, -0.15) is 5.10 Å². The van der Waals surface area contributed by atoms with Crippen molar-refractivity contribution in [2.24, 2.45) is 0 Å². The summed E-state index contributed by atoms with van der Waals surface area (Å²) in [6, 6.07) is 0. The average Bonchev–Trinajstić information content (AvgIpc) is 2.54. The molecule has 0 aliphatic carbocycles. The van der Waals surface area contributed by atoms with Gasteiger partial charge in [0.1, 0.15) is 0 Å². The maximum Gasteiger partial charge on any atom is 0.341 e. The quantitative estimate of drug-likeness (QED) is 0.662. The first-order valence-electron chi connectivity index (χ1n) is 4.47. The van der Waals surface area contributed by atoms with Gasteiger partial charge < -0.3 is 4.74 Å². The minimum atomic E-state index is -0.301. The molecule has 0 unspecified atom stereocenters. The van der Waals surface area contributed by atoms with E-state index in [-0.39, 0.29) is 5.97 Å². The number of esters is 1. The highest BCUT2D eigenvalue weighted by Gasteiger charge is 2.08. The molecule has 0 N–H and O–H groups in total. The zero-order valence-electron chi connectivity index (χ0n) is 7.99. The van der Waals surface area contributed by atoms with E-state index >= 15 is 0 Å². The van der Waals surface area contributed by atoms with E-state index in [1.807, 2.05) is 0 Å². The van der Waals surface area contributed by atoms with Crippen molar-refractivity contribution in [1.82, 2.24) is 9.78 Å². The van der Waals surface area contributed by atoms with Gasteiger partial charge in [0.25, 0.3) is 0 Å². The molecule has 0 amide bonds. The minimum Gasteiger partial charge on any atom is -0.462 e. The Morgan fingerprint density at radius 3 is 3.00 bits per heavy atom. The summed E-state index contributed by atoms with van der Waals surface area (Å²) in [6.45, 7) is 5.08. The predicted octanol–water partition coefficient (Wildman–Crippen LogP) is 1.47. The zero-order chi connectivity index (χ0) is 9.68. The normalized spacial score (nSPS) is 10.0. The summed E-state index contributed by atoms with van der Waals surface area (Å²) >= 11 is 0. The number of aryl methyl sites for hydroxylation is 1. The minimum absolute atomic E-state index is 0.301. The lowest BCUT2D eigenvalue weighted by Gasteiger charge is -1.97. The van der Waals surface area contributed by atoms with E-state index in [9.17, 15) is 4.79 Å². The fourth-order valence-corrected chi connectivity index (χ4v) is 1.03. The van der Waals surface area contributed by atoms with Gasteiger partial charge in [0.15, 0.2) is 0 Å². The molecule has 0 radical (unpaired) electrons. The number of nitrogens with zero attached hydrogens (tertiary/aromatic N) is 2. The molecule has 0 aliphatic heterocycles. The maximum atomic E-state index is 11.2. The molecule has 0 fully saturated rings. The first-order valence-corrected chi connectivity index (χ1v) is 4.47. The first kappa shape index (κ1) is 9.77. The monoisotopic (exact) mass is 182 g/mol. The lowest BCUT2D eigenvalue weighted by molar-refractivity contribution is 0.0526. The van der Waals surface area contributed by atoms with Crippen LogP contribution in [0.15, 0.2) is 12.4 Å². The van der Waals surface area contributed by atoms with Crippen LogP contribution in [0, 0.1) is 0 Å². The van der Waals surface area contributed by atoms with Gasteiger partial charge in [-0.3, -0.25) is 4.68 Å². The number of ether oxygens (including phenoxy) is 1. The summed E-state index contributed by atoms with van der Waals surface area (Å²) in [5, 5.41) is 4.03. The molecule has 0 saturated carbocycles. The second-order valence-corrected chi connectivity index (χ2v) is 2.71. The third kappa shape index (κ3) is 2.57. The van der Waals surface area contributed by atoms with E-state index < -0.39 is 0 Å². The van der Waals surface area contributed by atoms with Crippen molar-refractivity contribution in [3.8, 4) is 0 Å². The Bertz CT molecular complexity index is 281. The average molecular weight is 182 g/mol. The fourth-order valence-electron chi connectivity index (χ4n) is 1.03. The highest BCUT2D eigenvalue weighted by atomic mass is 16.5. The van der Waals surface area contributed by atoms with Crippen molar-refractivity contribution in [1.29, 1.82) is 0 Å². The summed E-state index contributed by atoms with van der Waals surface area (Å²) in [5.74, 6) is -0.301. The molecule has 72 valence electrons. The van der Waals surface area contributed by atoms with Crippen LogP contribution < -0.4 is 0 Å². The molecule has 1 heterocycles. The molecule has 13 heavy (non-hydrogen) atoms. The van der Waals surface area contributed by atoms with Crippen LogP contribution in [0.25, 0.3) is 0 Å². The molecule has 0 atom stereocenters. The molecule has 0 bridgehead atoms. The fraction of sp³-hybridized carbons (Fsp3) is 0.556. The third-order valence-electron chi connectivity index (χ3n) is 1.60. The van der Waals surface area contributed by atoms with E-state index in [1.165, 1.54) is 6.20 Å². The lowest BCUT2D eigenvalue weighted by Crippen LogP contribution is -2.03. The number of carbonyl (C=O) groups excluding carboxylic acids is 1. The molecular weight excluding hydrogens is 168 g/mol. The highest BCUT2D eigenvalue weighted by molar-refractivity contribution is 5.88. The van der Waals surface area contributed by atoms with Gasteiger partial charge in [-0.05, 0) is 13.3 Å². The van der Waals surface area contributed by atoms with E-state index in [1.54, 1.807) is 17.8 Å². The van der Waals surface area contributed by atoms with Crippen LogP contribution in [-0.4, -0.2) is 22.4 Å². The maximum absolute atomic E-state index is 11.2. The Hall–Kier alpha value is -1.32. The molecule has 4 nitrogen and oxygen atoms in total. The summed E-state index contributed by atoms with van der Waals surface area (Å²) in [7, 11) is 0. The number of aromatic nitrogens is 2. The molecule has 1 aromatic heterocycles. The predicted molar refractivity (Wildman–Crippen MR) is 48.5 cm³/mol. The topological polar surface area (TPSA) is 44.1 Å². The Balaban J connectivity index is 2.62. The number of carbonyl (C=O) groups is 1. The largest absolute Gasteiger partial charge is 0.462 e. The van der Waals surface area contributed by atoms with Gasteiger partial charge in [0.05, 0.1) is 18.4 Å². The van der Waals surface area contributed by atoms with Gasteiger partial charge >= 0.3 is 5.97 Å². The molecular formula is C9H14N2O2. The van der Waals surface area contributed by atoms with E-state index in [0.29, 0.717) is 12.2 Å². The van der Waals surface area contributed by atoms with Crippen molar-refractivity contribution in [2.75, 3.05) is 6.61 Å². The summed E-state index contributed by atoms with van der Waals surface area (Å²) in [4.78, 5) is 11.2. The first-order chi connectivity index (χ1) is 6.27. The molecule has 1 aromatic rings. The smallest absolute Gasteiger partial charge is 0.341 e. The zero-order valence-corrected chi connectivity index (χ0v) is 7.99. The number of hydrogen-bond donors (Lipinski definition) is 0. The van der Waals surface area contributed by atoms with Gasteiger partial charge in [0, 0.05) is 12.7 Å². The molecule has 0 aliphatic rings. The van der Waals surface area contributed by atoms with Crippen molar-refractivity contribution in [3.63, 3.8) is 0 Å². The van der Waals surface area contributed by atoms with Crippen molar-refractivity contribution >= 4 is 5.97 Å². The van der Waals surface area contributed by atoms with Crippen LogP contribution >= 0.6 is 0 Å². The molecule has 0 aromatic carbocycles. The standard InChI is InChI=1S/C9H14N2O2/c1-3-5-11-7-8(6-10-11)9(12)13-4-2/h6-7H,3-5H2,1-2H3. The van der Waals surface area contributed by atoms with Crippen LogP contribution in [0.1, 0.15) is 30.6 Å². The van der Waals surface area contributed by atoms with Crippen LogP contribution in [0.5, 0.6) is 0 Å². The van der Waals surface area contributed by atoms with Gasteiger partial charge in [-0.15, -0.1) is 0 Å². The summed E-state index contributed by atoms with van der Waals surface area (Å²) in [5.41, 5.74) is 0.523. The molecule has 0 spiro atoms. The van der Waals surface area contributed by atoms with Crippen molar-refractivity contribution in [3.05, 3.63) is 18.0 Å². The number of rotatable bonds is 4. The summed E-state index contributed by atoms with van der Waals surface area (Å²) in [6.07, 6.45) is 4.25. The third-order valence-corrected chi connectivity index (χ3v) is 1.60. The van der Waals surface area contributed by atoms with E-state index in [0.717, 1.165) is 13.0 Å². The summed E-state index contributed by atoms with van der Waals surface area (Å²) < 4.78 is 6.57. The molecule has 4 heteroatoms. The van der Waals surface area contributed by atoms with E-state index in [2.05, 4.69) is 12.0 Å². The lowest BCUT2D eigenvalue weighted by atomic mass is 10.4.